The summed E-state index contributed by atoms with van der Waals surface area (Å²) in [6.45, 7) is 0.0949. The Bertz CT molecular complexity index is 166. The van der Waals surface area contributed by atoms with Crippen LogP contribution in [-0.2, 0) is 14.3 Å². The van der Waals surface area contributed by atoms with Crippen molar-refractivity contribution in [1.82, 2.24) is 4.90 Å². The van der Waals surface area contributed by atoms with Crippen LogP contribution in [-0.4, -0.2) is 30.6 Å². The van der Waals surface area contributed by atoms with Crippen molar-refractivity contribution < 1.29 is 14.3 Å². The molecule has 1 amide bonds. The average molecular weight is 143 g/mol. The summed E-state index contributed by atoms with van der Waals surface area (Å²) in [4.78, 5) is 22.8. The highest BCUT2D eigenvalue weighted by Crippen LogP contribution is 2.02. The maximum atomic E-state index is 10.9. The molecule has 0 aromatic carbocycles. The van der Waals surface area contributed by atoms with Gasteiger partial charge in [-0.25, -0.2) is 0 Å². The molecule has 0 saturated carbocycles. The van der Waals surface area contributed by atoms with Crippen LogP contribution < -0.4 is 0 Å². The van der Waals surface area contributed by atoms with Crippen LogP contribution in [0.4, 0.5) is 0 Å². The van der Waals surface area contributed by atoms with Crippen molar-refractivity contribution in [2.24, 2.45) is 0 Å². The summed E-state index contributed by atoms with van der Waals surface area (Å²) in [5, 5.41) is 0. The molecule has 0 aromatic rings. The van der Waals surface area contributed by atoms with E-state index in [4.69, 9.17) is 0 Å². The number of nitrogens with zero attached hydrogens (tertiary/aromatic N) is 1. The Morgan fingerprint density at radius 2 is 2.10 bits per heavy atom. The SMILES string of the molecule is CN1COC(=O)CCC1=O. The van der Waals surface area contributed by atoms with E-state index in [1.165, 1.54) is 4.90 Å². The Labute approximate surface area is 58.8 Å². The van der Waals surface area contributed by atoms with Gasteiger partial charge in [-0.3, -0.25) is 9.59 Å². The Balaban J connectivity index is 2.54. The first-order valence-electron chi connectivity index (χ1n) is 3.10. The van der Waals surface area contributed by atoms with Gasteiger partial charge >= 0.3 is 5.97 Å². The van der Waals surface area contributed by atoms with Gasteiger partial charge in [0.2, 0.25) is 5.91 Å². The van der Waals surface area contributed by atoms with Crippen LogP contribution in [0, 0.1) is 0 Å². The zero-order valence-corrected chi connectivity index (χ0v) is 5.79. The van der Waals surface area contributed by atoms with Gasteiger partial charge < -0.3 is 9.64 Å². The number of rotatable bonds is 0. The molecule has 0 unspecified atom stereocenters. The standard InChI is InChI=1S/C6H9NO3/c1-7-4-10-6(9)3-2-5(7)8/h2-4H2,1H3. The topological polar surface area (TPSA) is 46.6 Å². The summed E-state index contributed by atoms with van der Waals surface area (Å²) in [7, 11) is 1.61. The monoisotopic (exact) mass is 143 g/mol. The zero-order valence-electron chi connectivity index (χ0n) is 5.79. The second-order valence-corrected chi connectivity index (χ2v) is 2.24. The van der Waals surface area contributed by atoms with Crippen molar-refractivity contribution in [2.75, 3.05) is 13.8 Å². The zero-order chi connectivity index (χ0) is 7.56. The number of carbonyl (C=O) groups is 2. The van der Waals surface area contributed by atoms with Crippen molar-refractivity contribution >= 4 is 11.9 Å². The summed E-state index contributed by atoms with van der Waals surface area (Å²) in [5.74, 6) is -0.330. The van der Waals surface area contributed by atoms with E-state index in [1.807, 2.05) is 0 Å². The Hall–Kier alpha value is -1.06. The van der Waals surface area contributed by atoms with Gasteiger partial charge in [-0.1, -0.05) is 0 Å². The van der Waals surface area contributed by atoms with Crippen molar-refractivity contribution in [1.29, 1.82) is 0 Å². The first kappa shape index (κ1) is 7.05. The molecule has 56 valence electrons. The van der Waals surface area contributed by atoms with Gasteiger partial charge in [0.1, 0.15) is 0 Å². The Kier molecular flexibility index (Phi) is 1.89. The maximum absolute atomic E-state index is 10.9. The molecule has 1 aliphatic heterocycles. The molecule has 0 N–H and O–H groups in total. The minimum absolute atomic E-state index is 0.0362. The third kappa shape index (κ3) is 1.46. The molecule has 0 bridgehead atoms. The van der Waals surface area contributed by atoms with Crippen molar-refractivity contribution in [3.8, 4) is 0 Å². The molecular formula is C6H9NO3. The molecule has 1 fully saturated rings. The lowest BCUT2D eigenvalue weighted by atomic mass is 10.3. The van der Waals surface area contributed by atoms with Gasteiger partial charge in [-0.15, -0.1) is 0 Å². The molecule has 0 aromatic heterocycles. The third-order valence-corrected chi connectivity index (χ3v) is 1.39. The van der Waals surface area contributed by atoms with Crippen molar-refractivity contribution in [3.63, 3.8) is 0 Å². The van der Waals surface area contributed by atoms with Gasteiger partial charge in [0.25, 0.3) is 0 Å². The lowest BCUT2D eigenvalue weighted by molar-refractivity contribution is -0.146. The predicted molar refractivity (Wildman–Crippen MR) is 33.0 cm³/mol. The van der Waals surface area contributed by atoms with E-state index in [0.29, 0.717) is 0 Å². The maximum Gasteiger partial charge on any atom is 0.308 e. The minimum Gasteiger partial charge on any atom is -0.444 e. The van der Waals surface area contributed by atoms with Crippen LogP contribution in [0.25, 0.3) is 0 Å². The Morgan fingerprint density at radius 1 is 1.40 bits per heavy atom. The molecule has 1 heterocycles. The highest BCUT2D eigenvalue weighted by atomic mass is 16.5. The van der Waals surface area contributed by atoms with E-state index in [2.05, 4.69) is 4.74 Å². The molecule has 1 aliphatic rings. The normalized spacial score (nSPS) is 20.3. The lowest BCUT2D eigenvalue weighted by Gasteiger charge is -2.11. The minimum atomic E-state index is -0.294. The molecule has 0 aliphatic carbocycles. The number of esters is 1. The second-order valence-electron chi connectivity index (χ2n) is 2.24. The van der Waals surface area contributed by atoms with E-state index < -0.39 is 0 Å². The predicted octanol–water partition coefficient (Wildman–Crippen LogP) is -0.261. The average Bonchev–Trinajstić information content (AvgIpc) is 2.04. The first-order chi connectivity index (χ1) is 4.70. The fourth-order valence-electron chi connectivity index (χ4n) is 0.713. The van der Waals surface area contributed by atoms with Gasteiger partial charge in [0.05, 0.1) is 6.42 Å². The summed E-state index contributed by atoms with van der Waals surface area (Å²) in [6, 6.07) is 0. The largest absolute Gasteiger partial charge is 0.444 e. The van der Waals surface area contributed by atoms with E-state index in [0.717, 1.165) is 0 Å². The number of ether oxygens (including phenoxy) is 1. The summed E-state index contributed by atoms with van der Waals surface area (Å²) in [6.07, 6.45) is 0.485. The summed E-state index contributed by atoms with van der Waals surface area (Å²) >= 11 is 0. The molecule has 10 heavy (non-hydrogen) atoms. The fraction of sp³-hybridized carbons (Fsp3) is 0.667. The van der Waals surface area contributed by atoms with Crippen LogP contribution in [0.5, 0.6) is 0 Å². The number of cyclic esters (lactones) is 1. The van der Waals surface area contributed by atoms with E-state index >= 15 is 0 Å². The number of hydrogen-bond acceptors (Lipinski definition) is 3. The van der Waals surface area contributed by atoms with Gasteiger partial charge in [0, 0.05) is 13.5 Å². The van der Waals surface area contributed by atoms with E-state index in [-0.39, 0.29) is 31.4 Å². The van der Waals surface area contributed by atoms with Gasteiger partial charge in [-0.05, 0) is 0 Å². The first-order valence-corrected chi connectivity index (χ1v) is 3.10. The Morgan fingerprint density at radius 3 is 2.80 bits per heavy atom. The number of hydrogen-bond donors (Lipinski definition) is 0. The number of carbonyl (C=O) groups excluding carboxylic acids is 2. The summed E-state index contributed by atoms with van der Waals surface area (Å²) in [5.41, 5.74) is 0. The van der Waals surface area contributed by atoms with Crippen LogP contribution in [0.1, 0.15) is 12.8 Å². The van der Waals surface area contributed by atoms with Crippen LogP contribution in [0.15, 0.2) is 0 Å². The molecular weight excluding hydrogens is 134 g/mol. The lowest BCUT2D eigenvalue weighted by Crippen LogP contribution is -2.26. The summed E-state index contributed by atoms with van der Waals surface area (Å²) < 4.78 is 4.65. The molecule has 4 heteroatoms. The van der Waals surface area contributed by atoms with E-state index in [1.54, 1.807) is 7.05 Å². The molecule has 1 rings (SSSR count). The quantitative estimate of drug-likeness (QED) is 0.439. The molecule has 0 radical (unpaired) electrons. The highest BCUT2D eigenvalue weighted by Gasteiger charge is 2.17. The fourth-order valence-corrected chi connectivity index (χ4v) is 0.713. The van der Waals surface area contributed by atoms with Gasteiger partial charge in [-0.2, -0.15) is 0 Å². The van der Waals surface area contributed by atoms with Crippen LogP contribution >= 0.6 is 0 Å². The molecule has 0 atom stereocenters. The van der Waals surface area contributed by atoms with Crippen molar-refractivity contribution in [3.05, 3.63) is 0 Å². The smallest absolute Gasteiger partial charge is 0.308 e. The van der Waals surface area contributed by atoms with E-state index in [9.17, 15) is 9.59 Å². The molecule has 1 saturated heterocycles. The molecule has 4 nitrogen and oxygen atoms in total. The third-order valence-electron chi connectivity index (χ3n) is 1.39. The van der Waals surface area contributed by atoms with Gasteiger partial charge in [0.15, 0.2) is 6.73 Å². The molecule has 0 spiro atoms. The second kappa shape index (κ2) is 2.68. The van der Waals surface area contributed by atoms with Crippen LogP contribution in [0.3, 0.4) is 0 Å². The number of amides is 1. The van der Waals surface area contributed by atoms with Crippen LogP contribution in [0.2, 0.25) is 0 Å². The van der Waals surface area contributed by atoms with Crippen molar-refractivity contribution in [2.45, 2.75) is 12.8 Å². The highest BCUT2D eigenvalue weighted by molar-refractivity contribution is 5.82.